The number of ether oxygens (including phenoxy) is 1. The van der Waals surface area contributed by atoms with Crippen molar-refractivity contribution >= 4 is 12.0 Å². The molecule has 0 aromatic heterocycles. The molecule has 3 aromatic rings. The minimum Gasteiger partial charge on any atom is -0.431 e. The number of carbonyl (C=O) groups is 1. The summed E-state index contributed by atoms with van der Waals surface area (Å²) in [5.41, 5.74) is 6.15. The van der Waals surface area contributed by atoms with Gasteiger partial charge in [0.05, 0.1) is 11.8 Å². The van der Waals surface area contributed by atoms with Gasteiger partial charge in [0.1, 0.15) is 0 Å². The maximum Gasteiger partial charge on any atom is 0.342 e. The Kier molecular flexibility index (Phi) is 5.10. The highest BCUT2D eigenvalue weighted by Gasteiger charge is 2.06. The van der Waals surface area contributed by atoms with Gasteiger partial charge in [-0.2, -0.15) is 0 Å². The lowest BCUT2D eigenvalue weighted by Gasteiger charge is -2.04. The van der Waals surface area contributed by atoms with Crippen molar-refractivity contribution in [2.24, 2.45) is 0 Å². The second kappa shape index (κ2) is 7.63. The summed E-state index contributed by atoms with van der Waals surface area (Å²) in [5.74, 6) is -0.362. The van der Waals surface area contributed by atoms with Crippen molar-refractivity contribution in [1.29, 1.82) is 0 Å². The molecule has 2 heteroatoms. The predicted octanol–water partition coefficient (Wildman–Crippen LogP) is 5.80. The Labute approximate surface area is 148 Å². The molecule has 0 unspecified atom stereocenters. The molecule has 124 valence electrons. The fraction of sp³-hybridized carbons (Fsp3) is 0.0870. The van der Waals surface area contributed by atoms with E-state index in [2.05, 4.69) is 31.2 Å². The average molecular weight is 328 g/mol. The van der Waals surface area contributed by atoms with E-state index in [9.17, 15) is 4.79 Å². The van der Waals surface area contributed by atoms with Gasteiger partial charge < -0.3 is 4.74 Å². The van der Waals surface area contributed by atoms with Gasteiger partial charge in [0.15, 0.2) is 0 Å². The first-order chi connectivity index (χ1) is 12.1. The first kappa shape index (κ1) is 16.7. The number of esters is 1. The zero-order valence-corrected chi connectivity index (χ0v) is 14.4. The SMILES string of the molecule is Cc1ccc(/C=C/OC(=O)c2ccc(-c3ccc(C)cc3)cc2)cc1. The summed E-state index contributed by atoms with van der Waals surface area (Å²) < 4.78 is 5.20. The van der Waals surface area contributed by atoms with E-state index in [1.54, 1.807) is 18.2 Å². The van der Waals surface area contributed by atoms with E-state index < -0.39 is 0 Å². The highest BCUT2D eigenvalue weighted by atomic mass is 16.5. The van der Waals surface area contributed by atoms with Gasteiger partial charge in [-0.05, 0) is 48.7 Å². The van der Waals surface area contributed by atoms with Crippen molar-refractivity contribution in [3.05, 3.63) is 101 Å². The quantitative estimate of drug-likeness (QED) is 0.447. The largest absolute Gasteiger partial charge is 0.431 e. The third-order valence-corrected chi connectivity index (χ3v) is 4.02. The maximum atomic E-state index is 12.1. The minimum atomic E-state index is -0.362. The molecular weight excluding hydrogens is 308 g/mol. The first-order valence-corrected chi connectivity index (χ1v) is 8.23. The lowest BCUT2D eigenvalue weighted by molar-refractivity contribution is 0.0665. The number of aryl methyl sites for hydroxylation is 2. The minimum absolute atomic E-state index is 0.362. The summed E-state index contributed by atoms with van der Waals surface area (Å²) in [6.07, 6.45) is 3.21. The van der Waals surface area contributed by atoms with Crippen molar-refractivity contribution in [2.45, 2.75) is 13.8 Å². The molecule has 3 rings (SSSR count). The molecule has 0 fully saturated rings. The molecule has 25 heavy (non-hydrogen) atoms. The predicted molar refractivity (Wildman–Crippen MR) is 102 cm³/mol. The molecule has 0 aliphatic carbocycles. The third-order valence-electron chi connectivity index (χ3n) is 4.02. The number of hydrogen-bond acceptors (Lipinski definition) is 2. The van der Waals surface area contributed by atoms with Gasteiger partial charge in [-0.25, -0.2) is 4.79 Å². The van der Waals surface area contributed by atoms with E-state index in [4.69, 9.17) is 4.74 Å². The van der Waals surface area contributed by atoms with Crippen LogP contribution in [0.25, 0.3) is 17.2 Å². The highest BCUT2D eigenvalue weighted by molar-refractivity contribution is 5.90. The zero-order chi connectivity index (χ0) is 17.6. The van der Waals surface area contributed by atoms with Crippen molar-refractivity contribution < 1.29 is 9.53 Å². The lowest BCUT2D eigenvalue weighted by Crippen LogP contribution is -2.00. The number of carbonyl (C=O) groups excluding carboxylic acids is 1. The summed E-state index contributed by atoms with van der Waals surface area (Å²) in [6.45, 7) is 4.10. The van der Waals surface area contributed by atoms with Crippen LogP contribution in [0.1, 0.15) is 27.0 Å². The van der Waals surface area contributed by atoms with Crippen LogP contribution in [0.5, 0.6) is 0 Å². The summed E-state index contributed by atoms with van der Waals surface area (Å²) in [7, 11) is 0. The van der Waals surface area contributed by atoms with Crippen LogP contribution < -0.4 is 0 Å². The van der Waals surface area contributed by atoms with Crippen LogP contribution in [0, 0.1) is 13.8 Å². The zero-order valence-electron chi connectivity index (χ0n) is 14.4. The average Bonchev–Trinajstić information content (AvgIpc) is 2.64. The normalized spacial score (nSPS) is 10.8. The van der Waals surface area contributed by atoms with Gasteiger partial charge in [0.25, 0.3) is 0 Å². The van der Waals surface area contributed by atoms with Crippen LogP contribution in [-0.2, 0) is 4.74 Å². The molecule has 2 nitrogen and oxygen atoms in total. The second-order valence-corrected chi connectivity index (χ2v) is 6.06. The molecule has 0 aliphatic heterocycles. The molecule has 0 amide bonds. The van der Waals surface area contributed by atoms with Gasteiger partial charge >= 0.3 is 5.97 Å². The van der Waals surface area contributed by atoms with Crippen LogP contribution in [0.2, 0.25) is 0 Å². The van der Waals surface area contributed by atoms with Crippen molar-refractivity contribution in [3.8, 4) is 11.1 Å². The fourth-order valence-corrected chi connectivity index (χ4v) is 2.46. The van der Waals surface area contributed by atoms with Crippen LogP contribution >= 0.6 is 0 Å². The monoisotopic (exact) mass is 328 g/mol. The molecule has 0 saturated carbocycles. The van der Waals surface area contributed by atoms with Crippen molar-refractivity contribution in [1.82, 2.24) is 0 Å². The van der Waals surface area contributed by atoms with Crippen molar-refractivity contribution in [3.63, 3.8) is 0 Å². The lowest BCUT2D eigenvalue weighted by atomic mass is 10.0. The Morgan fingerprint density at radius 2 is 1.20 bits per heavy atom. The van der Waals surface area contributed by atoms with Crippen LogP contribution in [0.15, 0.2) is 79.1 Å². The smallest absolute Gasteiger partial charge is 0.342 e. The molecule has 0 aliphatic rings. The summed E-state index contributed by atoms with van der Waals surface area (Å²) >= 11 is 0. The topological polar surface area (TPSA) is 26.3 Å². The Hall–Kier alpha value is -3.13. The summed E-state index contributed by atoms with van der Waals surface area (Å²) in [4.78, 5) is 12.1. The maximum absolute atomic E-state index is 12.1. The molecule has 0 heterocycles. The van der Waals surface area contributed by atoms with E-state index in [0.717, 1.165) is 16.7 Å². The third kappa shape index (κ3) is 4.45. The van der Waals surface area contributed by atoms with Gasteiger partial charge in [-0.15, -0.1) is 0 Å². The molecule has 3 aromatic carbocycles. The Balaban J connectivity index is 1.64. The van der Waals surface area contributed by atoms with E-state index in [1.165, 1.54) is 17.4 Å². The Morgan fingerprint density at radius 1 is 0.720 bits per heavy atom. The molecule has 0 spiro atoms. The van der Waals surface area contributed by atoms with Crippen LogP contribution in [-0.4, -0.2) is 5.97 Å². The van der Waals surface area contributed by atoms with E-state index in [-0.39, 0.29) is 5.97 Å². The molecule has 0 bridgehead atoms. The van der Waals surface area contributed by atoms with Gasteiger partial charge in [0, 0.05) is 0 Å². The van der Waals surface area contributed by atoms with E-state index in [1.807, 2.05) is 43.3 Å². The second-order valence-electron chi connectivity index (χ2n) is 6.06. The molecule has 0 atom stereocenters. The Bertz CT molecular complexity index is 871. The molecule has 0 N–H and O–H groups in total. The molecule has 0 radical (unpaired) electrons. The van der Waals surface area contributed by atoms with Crippen LogP contribution in [0.3, 0.4) is 0 Å². The van der Waals surface area contributed by atoms with Gasteiger partial charge in [-0.3, -0.25) is 0 Å². The number of rotatable bonds is 4. The standard InChI is InChI=1S/C23H20O2/c1-17-3-7-19(8-4-17)15-16-25-23(24)22-13-11-21(12-14-22)20-9-5-18(2)6-10-20/h3-16H,1-2H3/b16-15+. The summed E-state index contributed by atoms with van der Waals surface area (Å²) in [6, 6.07) is 23.8. The highest BCUT2D eigenvalue weighted by Crippen LogP contribution is 2.20. The van der Waals surface area contributed by atoms with Crippen LogP contribution in [0.4, 0.5) is 0 Å². The van der Waals surface area contributed by atoms with E-state index in [0.29, 0.717) is 5.56 Å². The van der Waals surface area contributed by atoms with E-state index >= 15 is 0 Å². The fourth-order valence-electron chi connectivity index (χ4n) is 2.46. The number of benzene rings is 3. The van der Waals surface area contributed by atoms with Crippen molar-refractivity contribution in [2.75, 3.05) is 0 Å². The molecular formula is C23H20O2. The van der Waals surface area contributed by atoms with Gasteiger partial charge in [-0.1, -0.05) is 71.8 Å². The molecule has 0 saturated heterocycles. The Morgan fingerprint density at radius 3 is 1.76 bits per heavy atom. The summed E-state index contributed by atoms with van der Waals surface area (Å²) in [5, 5.41) is 0. The van der Waals surface area contributed by atoms with Gasteiger partial charge in [0.2, 0.25) is 0 Å². The first-order valence-electron chi connectivity index (χ1n) is 8.23. The number of hydrogen-bond donors (Lipinski definition) is 0.